The lowest BCUT2D eigenvalue weighted by Gasteiger charge is -2.30. The summed E-state index contributed by atoms with van der Waals surface area (Å²) in [5.41, 5.74) is 0. The summed E-state index contributed by atoms with van der Waals surface area (Å²) in [5, 5.41) is 14.5. The number of halogens is 1. The minimum atomic E-state index is 0.106. The van der Waals surface area contributed by atoms with Crippen molar-refractivity contribution in [3.05, 3.63) is 20.8 Å². The van der Waals surface area contributed by atoms with E-state index in [-0.39, 0.29) is 24.5 Å². The molecule has 1 saturated carbocycles. The topological polar surface area (TPSA) is 49.3 Å². The maximum Gasteiger partial charge on any atom is 0.220 e. The molecule has 0 spiro atoms. The Kier molecular flexibility index (Phi) is 5.85. The molecule has 0 aromatic carbocycles. The summed E-state index contributed by atoms with van der Waals surface area (Å²) in [7, 11) is 0. The molecule has 2 rings (SSSR count). The minimum Gasteiger partial charge on any atom is -0.396 e. The maximum atomic E-state index is 12.0. The van der Waals surface area contributed by atoms with Gasteiger partial charge in [0.1, 0.15) is 0 Å². The van der Waals surface area contributed by atoms with Crippen molar-refractivity contribution in [2.75, 3.05) is 6.61 Å². The molecule has 0 bridgehead atoms. The molecule has 1 aromatic rings. The normalized spacial score (nSPS) is 23.3. The predicted molar refractivity (Wildman–Crippen MR) is 81.3 cm³/mol. The van der Waals surface area contributed by atoms with E-state index in [1.807, 2.05) is 5.38 Å². The summed E-state index contributed by atoms with van der Waals surface area (Å²) in [5.74, 6) is 0.350. The van der Waals surface area contributed by atoms with Crippen molar-refractivity contribution >= 4 is 33.2 Å². The van der Waals surface area contributed by atoms with E-state index in [0.29, 0.717) is 6.42 Å². The lowest BCUT2D eigenvalue weighted by atomic mass is 9.85. The van der Waals surface area contributed by atoms with E-state index in [1.165, 1.54) is 11.3 Å². The molecule has 1 aromatic heterocycles. The maximum absolute atomic E-state index is 12.0. The van der Waals surface area contributed by atoms with Crippen LogP contribution in [0.1, 0.15) is 37.0 Å². The Morgan fingerprint density at radius 2 is 2.26 bits per heavy atom. The predicted octanol–water partition coefficient (Wildman–Crippen LogP) is 3.11. The molecule has 0 radical (unpaired) electrons. The molecule has 0 saturated heterocycles. The Morgan fingerprint density at radius 1 is 1.47 bits per heavy atom. The third kappa shape index (κ3) is 4.58. The summed E-state index contributed by atoms with van der Waals surface area (Å²) in [4.78, 5) is 13.2. The molecule has 1 fully saturated rings. The van der Waals surface area contributed by atoms with Crippen LogP contribution in [0.15, 0.2) is 15.9 Å². The zero-order valence-electron chi connectivity index (χ0n) is 10.9. The summed E-state index contributed by atoms with van der Waals surface area (Å²) in [6.07, 6.45) is 5.67. The van der Waals surface area contributed by atoms with Crippen LogP contribution in [0.2, 0.25) is 0 Å². The molecule has 0 aliphatic heterocycles. The van der Waals surface area contributed by atoms with Crippen molar-refractivity contribution in [2.45, 2.75) is 44.6 Å². The summed E-state index contributed by atoms with van der Waals surface area (Å²) in [6.45, 7) is 0.183. The van der Waals surface area contributed by atoms with E-state index in [1.54, 1.807) is 11.3 Å². The van der Waals surface area contributed by atoms with Crippen molar-refractivity contribution in [2.24, 2.45) is 5.92 Å². The second kappa shape index (κ2) is 7.41. The summed E-state index contributed by atoms with van der Waals surface area (Å²) < 4.78 is 1.08. The molecule has 2 N–H and O–H groups in total. The minimum absolute atomic E-state index is 0.106. The average Bonchev–Trinajstić information content (AvgIpc) is 2.83. The van der Waals surface area contributed by atoms with Gasteiger partial charge in [0.2, 0.25) is 5.91 Å². The van der Waals surface area contributed by atoms with E-state index < -0.39 is 0 Å². The Bertz CT molecular complexity index is 421. The van der Waals surface area contributed by atoms with Crippen LogP contribution in [-0.2, 0) is 11.2 Å². The van der Waals surface area contributed by atoms with Gasteiger partial charge < -0.3 is 10.4 Å². The van der Waals surface area contributed by atoms with E-state index in [9.17, 15) is 9.90 Å². The number of rotatable bonds is 5. The second-order valence-corrected chi connectivity index (χ2v) is 7.04. The van der Waals surface area contributed by atoms with Crippen LogP contribution in [0.4, 0.5) is 0 Å². The van der Waals surface area contributed by atoms with Crippen LogP contribution in [0.25, 0.3) is 0 Å². The average molecular weight is 346 g/mol. The van der Waals surface area contributed by atoms with Crippen molar-refractivity contribution in [3.63, 3.8) is 0 Å². The van der Waals surface area contributed by atoms with Gasteiger partial charge in [-0.15, -0.1) is 11.3 Å². The Balaban J connectivity index is 1.77. The number of hydrogen-bond acceptors (Lipinski definition) is 3. The molecule has 3 nitrogen and oxygen atoms in total. The number of aliphatic hydroxyl groups is 1. The van der Waals surface area contributed by atoms with Gasteiger partial charge in [0.15, 0.2) is 0 Å². The second-order valence-electron chi connectivity index (χ2n) is 5.13. The van der Waals surface area contributed by atoms with Crippen molar-refractivity contribution in [3.8, 4) is 0 Å². The molecular formula is C14H20BrNO2S. The van der Waals surface area contributed by atoms with Gasteiger partial charge in [0.25, 0.3) is 0 Å². The Hall–Kier alpha value is -0.390. The highest BCUT2D eigenvalue weighted by atomic mass is 79.9. The van der Waals surface area contributed by atoms with Gasteiger partial charge in [-0.25, -0.2) is 0 Å². The monoisotopic (exact) mass is 345 g/mol. The number of nitrogens with one attached hydrogen (secondary N) is 1. The van der Waals surface area contributed by atoms with E-state index in [4.69, 9.17) is 0 Å². The SMILES string of the molecule is O=C(CCc1cc(Br)cs1)NC1CCCCC1CO. The van der Waals surface area contributed by atoms with Crippen LogP contribution in [-0.4, -0.2) is 23.7 Å². The van der Waals surface area contributed by atoms with Gasteiger partial charge in [-0.2, -0.15) is 0 Å². The number of amides is 1. The molecule has 2 atom stereocenters. The number of hydrogen-bond donors (Lipinski definition) is 2. The molecule has 1 aliphatic carbocycles. The van der Waals surface area contributed by atoms with Gasteiger partial charge in [-0.05, 0) is 41.3 Å². The fourth-order valence-electron chi connectivity index (χ4n) is 2.62. The van der Waals surface area contributed by atoms with Gasteiger partial charge in [0.05, 0.1) is 0 Å². The van der Waals surface area contributed by atoms with Crippen LogP contribution in [0, 0.1) is 5.92 Å². The fourth-order valence-corrected chi connectivity index (χ4v) is 4.07. The van der Waals surface area contributed by atoms with Gasteiger partial charge in [0, 0.05) is 39.7 Å². The number of carbonyl (C=O) groups excluding carboxylic acids is 1. The molecule has 5 heteroatoms. The van der Waals surface area contributed by atoms with E-state index >= 15 is 0 Å². The molecule has 2 unspecified atom stereocenters. The molecule has 1 aliphatic rings. The van der Waals surface area contributed by atoms with Crippen molar-refractivity contribution in [1.82, 2.24) is 5.32 Å². The number of thiophene rings is 1. The first-order valence-corrected chi connectivity index (χ1v) is 8.49. The first-order valence-electron chi connectivity index (χ1n) is 6.82. The zero-order valence-corrected chi connectivity index (χ0v) is 13.3. The highest BCUT2D eigenvalue weighted by molar-refractivity contribution is 9.10. The van der Waals surface area contributed by atoms with E-state index in [0.717, 1.165) is 30.2 Å². The first kappa shape index (κ1) is 15.0. The number of aliphatic hydroxyl groups excluding tert-OH is 1. The molecule has 106 valence electrons. The number of carbonyl (C=O) groups is 1. The smallest absolute Gasteiger partial charge is 0.220 e. The lowest BCUT2D eigenvalue weighted by Crippen LogP contribution is -2.43. The van der Waals surface area contributed by atoms with Crippen molar-refractivity contribution < 1.29 is 9.90 Å². The number of aryl methyl sites for hydroxylation is 1. The Labute approximate surface area is 126 Å². The molecular weight excluding hydrogens is 326 g/mol. The first-order chi connectivity index (χ1) is 9.19. The highest BCUT2D eigenvalue weighted by Gasteiger charge is 2.25. The molecule has 1 amide bonds. The third-order valence-electron chi connectivity index (χ3n) is 3.71. The van der Waals surface area contributed by atoms with Crippen LogP contribution < -0.4 is 5.32 Å². The van der Waals surface area contributed by atoms with Crippen LogP contribution in [0.5, 0.6) is 0 Å². The molecule has 1 heterocycles. The fraction of sp³-hybridized carbons (Fsp3) is 0.643. The Morgan fingerprint density at radius 3 is 2.95 bits per heavy atom. The van der Waals surface area contributed by atoms with Crippen LogP contribution in [0.3, 0.4) is 0 Å². The van der Waals surface area contributed by atoms with E-state index in [2.05, 4.69) is 27.3 Å². The molecule has 19 heavy (non-hydrogen) atoms. The summed E-state index contributed by atoms with van der Waals surface area (Å²) in [6, 6.07) is 2.23. The largest absolute Gasteiger partial charge is 0.396 e. The van der Waals surface area contributed by atoms with Gasteiger partial charge in [-0.3, -0.25) is 4.79 Å². The quantitative estimate of drug-likeness (QED) is 0.861. The summed E-state index contributed by atoms with van der Waals surface area (Å²) >= 11 is 5.09. The third-order valence-corrected chi connectivity index (χ3v) is 5.47. The van der Waals surface area contributed by atoms with Gasteiger partial charge >= 0.3 is 0 Å². The highest BCUT2D eigenvalue weighted by Crippen LogP contribution is 2.24. The lowest BCUT2D eigenvalue weighted by molar-refractivity contribution is -0.122. The van der Waals surface area contributed by atoms with Gasteiger partial charge in [-0.1, -0.05) is 12.8 Å². The van der Waals surface area contributed by atoms with Crippen molar-refractivity contribution in [1.29, 1.82) is 0 Å². The zero-order chi connectivity index (χ0) is 13.7. The standard InChI is InChI=1S/C14H20BrNO2S/c15-11-7-12(19-9-11)5-6-14(18)16-13-4-2-1-3-10(13)8-17/h7,9-10,13,17H,1-6,8H2,(H,16,18). The van der Waals surface area contributed by atoms with Crippen LogP contribution >= 0.6 is 27.3 Å².